The fourth-order valence-corrected chi connectivity index (χ4v) is 2.83. The van der Waals surface area contributed by atoms with Gasteiger partial charge in [0.1, 0.15) is 0 Å². The molecule has 1 aliphatic carbocycles. The third-order valence-corrected chi connectivity index (χ3v) is 3.62. The number of hydrogen-bond acceptors (Lipinski definition) is 1. The predicted octanol–water partition coefficient (Wildman–Crippen LogP) is 2.95. The van der Waals surface area contributed by atoms with E-state index in [1.54, 1.807) is 0 Å². The van der Waals surface area contributed by atoms with Gasteiger partial charge in [0.05, 0.1) is 0 Å². The van der Waals surface area contributed by atoms with Crippen molar-refractivity contribution in [2.24, 2.45) is 11.8 Å². The number of piperidine rings is 1. The second-order valence-electron chi connectivity index (χ2n) is 5.33. The molecule has 0 bridgehead atoms. The highest BCUT2D eigenvalue weighted by molar-refractivity contribution is 4.82. The Morgan fingerprint density at radius 1 is 0.923 bits per heavy atom. The molecule has 1 heteroatoms. The highest BCUT2D eigenvalue weighted by atomic mass is 14.9. The van der Waals surface area contributed by atoms with Crippen LogP contribution in [0, 0.1) is 11.8 Å². The van der Waals surface area contributed by atoms with Gasteiger partial charge in [-0.1, -0.05) is 25.7 Å². The summed E-state index contributed by atoms with van der Waals surface area (Å²) in [4.78, 5) is 0. The summed E-state index contributed by atoms with van der Waals surface area (Å²) in [6.45, 7) is 4.67. The van der Waals surface area contributed by atoms with Gasteiger partial charge in [-0.25, -0.2) is 0 Å². The molecule has 1 saturated heterocycles. The number of nitrogens with one attached hydrogen (secondary N) is 1. The zero-order valence-electron chi connectivity index (χ0n) is 9.05. The molecule has 0 aromatic rings. The predicted molar refractivity (Wildman–Crippen MR) is 56.7 cm³/mol. The minimum Gasteiger partial charge on any atom is -0.312 e. The fourth-order valence-electron chi connectivity index (χ4n) is 2.83. The van der Waals surface area contributed by atoms with Crippen molar-refractivity contribution in [2.45, 2.75) is 64.5 Å². The van der Waals surface area contributed by atoms with Gasteiger partial charge >= 0.3 is 0 Å². The molecule has 0 aromatic carbocycles. The average molecular weight is 181 g/mol. The van der Waals surface area contributed by atoms with Crippen LogP contribution in [0.2, 0.25) is 0 Å². The molecule has 1 heterocycles. The van der Waals surface area contributed by atoms with Crippen molar-refractivity contribution in [3.63, 3.8) is 0 Å². The minimum absolute atomic E-state index is 0.757. The first-order valence-corrected chi connectivity index (χ1v) is 6.00. The van der Waals surface area contributed by atoms with Crippen molar-refractivity contribution in [1.82, 2.24) is 5.32 Å². The first-order valence-electron chi connectivity index (χ1n) is 6.00. The molecule has 0 spiro atoms. The molecule has 76 valence electrons. The number of hydrogen-bond donors (Lipinski definition) is 1. The van der Waals surface area contributed by atoms with E-state index in [9.17, 15) is 0 Å². The molecule has 2 atom stereocenters. The topological polar surface area (TPSA) is 12.0 Å². The molecule has 1 saturated carbocycles. The summed E-state index contributed by atoms with van der Waals surface area (Å²) >= 11 is 0. The second kappa shape index (κ2) is 4.00. The van der Waals surface area contributed by atoms with E-state index < -0.39 is 0 Å². The summed E-state index contributed by atoms with van der Waals surface area (Å²) in [5, 5.41) is 3.61. The summed E-state index contributed by atoms with van der Waals surface area (Å²) in [5.41, 5.74) is 0. The summed E-state index contributed by atoms with van der Waals surface area (Å²) in [5.74, 6) is 2.15. The van der Waals surface area contributed by atoms with Crippen LogP contribution in [0.25, 0.3) is 0 Å². The van der Waals surface area contributed by atoms with Gasteiger partial charge in [0, 0.05) is 12.1 Å². The van der Waals surface area contributed by atoms with Gasteiger partial charge in [0.2, 0.25) is 0 Å². The van der Waals surface area contributed by atoms with Gasteiger partial charge in [-0.15, -0.1) is 0 Å². The molecule has 0 aromatic heterocycles. The lowest BCUT2D eigenvalue weighted by Crippen LogP contribution is -2.42. The summed E-state index contributed by atoms with van der Waals surface area (Å²) in [6, 6.07) is 1.51. The van der Waals surface area contributed by atoms with E-state index >= 15 is 0 Å². The Kier molecular flexibility index (Phi) is 2.92. The molecule has 13 heavy (non-hydrogen) atoms. The lowest BCUT2D eigenvalue weighted by molar-refractivity contribution is 0.246. The maximum Gasteiger partial charge on any atom is 0.00438 e. The lowest BCUT2D eigenvalue weighted by atomic mass is 9.85. The van der Waals surface area contributed by atoms with Crippen molar-refractivity contribution in [1.29, 1.82) is 0 Å². The van der Waals surface area contributed by atoms with Gasteiger partial charge in [-0.05, 0) is 38.5 Å². The van der Waals surface area contributed by atoms with Crippen LogP contribution in [0.15, 0.2) is 0 Å². The fraction of sp³-hybridized carbons (Fsp3) is 1.00. The molecule has 0 radical (unpaired) electrons. The lowest BCUT2D eigenvalue weighted by Gasteiger charge is -2.33. The number of rotatable bonds is 3. The van der Waals surface area contributed by atoms with E-state index in [0.717, 1.165) is 23.9 Å². The Balaban J connectivity index is 1.70. The van der Waals surface area contributed by atoms with Crippen molar-refractivity contribution in [3.8, 4) is 0 Å². The van der Waals surface area contributed by atoms with Crippen LogP contribution in [0.1, 0.15) is 52.4 Å². The third kappa shape index (κ3) is 2.98. The Bertz CT molecular complexity index is 153. The van der Waals surface area contributed by atoms with Crippen LogP contribution in [0.3, 0.4) is 0 Å². The van der Waals surface area contributed by atoms with Crippen molar-refractivity contribution < 1.29 is 0 Å². The summed E-state index contributed by atoms with van der Waals surface area (Å²) in [6.07, 6.45) is 8.89. The zero-order chi connectivity index (χ0) is 9.26. The van der Waals surface area contributed by atoms with Crippen LogP contribution >= 0.6 is 0 Å². The van der Waals surface area contributed by atoms with Crippen LogP contribution < -0.4 is 5.32 Å². The highest BCUT2D eigenvalue weighted by Gasteiger charge is 2.26. The maximum absolute atomic E-state index is 3.61. The zero-order valence-corrected chi connectivity index (χ0v) is 9.05. The first-order chi connectivity index (χ1) is 6.24. The average Bonchev–Trinajstić information content (AvgIpc) is 2.81. The highest BCUT2D eigenvalue weighted by Crippen LogP contribution is 2.36. The first kappa shape index (κ1) is 9.51. The van der Waals surface area contributed by atoms with Crippen LogP contribution in [-0.4, -0.2) is 12.1 Å². The Morgan fingerprint density at radius 3 is 2.00 bits per heavy atom. The summed E-state index contributed by atoms with van der Waals surface area (Å²) in [7, 11) is 0. The van der Waals surface area contributed by atoms with Gasteiger partial charge < -0.3 is 5.32 Å². The largest absolute Gasteiger partial charge is 0.312 e. The van der Waals surface area contributed by atoms with Crippen molar-refractivity contribution in [2.75, 3.05) is 0 Å². The van der Waals surface area contributed by atoms with Crippen molar-refractivity contribution in [3.05, 3.63) is 0 Å². The summed E-state index contributed by atoms with van der Waals surface area (Å²) < 4.78 is 0. The molecular formula is C12H23N. The molecule has 1 aliphatic heterocycles. The molecule has 2 aliphatic rings. The smallest absolute Gasteiger partial charge is 0.00438 e. The monoisotopic (exact) mass is 181 g/mol. The maximum atomic E-state index is 3.61. The van der Waals surface area contributed by atoms with Crippen LogP contribution in [-0.2, 0) is 0 Å². The molecule has 1 nitrogen and oxygen atoms in total. The SMILES string of the molecule is CC1CC(CCC2CC2)CC(C)N1. The molecule has 0 amide bonds. The van der Waals surface area contributed by atoms with Crippen LogP contribution in [0.4, 0.5) is 0 Å². The third-order valence-electron chi connectivity index (χ3n) is 3.62. The quantitative estimate of drug-likeness (QED) is 0.706. The van der Waals surface area contributed by atoms with E-state index in [1.807, 2.05) is 0 Å². The van der Waals surface area contributed by atoms with E-state index in [-0.39, 0.29) is 0 Å². The standard InChI is InChI=1S/C12H23N/c1-9-7-12(8-10(2)13-9)6-5-11-3-4-11/h9-13H,3-8H2,1-2H3. The van der Waals surface area contributed by atoms with Crippen LogP contribution in [0.5, 0.6) is 0 Å². The molecule has 2 unspecified atom stereocenters. The van der Waals surface area contributed by atoms with Gasteiger partial charge in [-0.3, -0.25) is 0 Å². The van der Waals surface area contributed by atoms with E-state index in [2.05, 4.69) is 19.2 Å². The molecule has 2 rings (SSSR count). The van der Waals surface area contributed by atoms with Gasteiger partial charge in [0.25, 0.3) is 0 Å². The Labute approximate surface area is 82.3 Å². The minimum atomic E-state index is 0.757. The normalized spacial score (nSPS) is 40.6. The van der Waals surface area contributed by atoms with E-state index in [0.29, 0.717) is 0 Å². The van der Waals surface area contributed by atoms with E-state index in [4.69, 9.17) is 0 Å². The molecule has 1 N–H and O–H groups in total. The Morgan fingerprint density at radius 2 is 1.46 bits per heavy atom. The van der Waals surface area contributed by atoms with Crippen molar-refractivity contribution >= 4 is 0 Å². The van der Waals surface area contributed by atoms with Gasteiger partial charge in [-0.2, -0.15) is 0 Å². The van der Waals surface area contributed by atoms with E-state index in [1.165, 1.54) is 38.5 Å². The Hall–Kier alpha value is -0.0400. The molecule has 2 fully saturated rings. The molecular weight excluding hydrogens is 158 g/mol. The second-order valence-corrected chi connectivity index (χ2v) is 5.33. The van der Waals surface area contributed by atoms with Gasteiger partial charge in [0.15, 0.2) is 0 Å².